The molecule has 2 N–H and O–H groups in total. The first kappa shape index (κ1) is 22.5. The van der Waals surface area contributed by atoms with Crippen molar-refractivity contribution in [2.45, 2.75) is 32.4 Å². The predicted octanol–water partition coefficient (Wildman–Crippen LogP) is 4.57. The number of hydrogen-bond acceptors (Lipinski definition) is 3. The van der Waals surface area contributed by atoms with Gasteiger partial charge in [-0.2, -0.15) is 5.10 Å². The van der Waals surface area contributed by atoms with Gasteiger partial charge in [-0.1, -0.05) is 60.2 Å². The summed E-state index contributed by atoms with van der Waals surface area (Å²) in [6, 6.07) is 22.2. The average molecular weight is 469 g/mol. The van der Waals surface area contributed by atoms with Crippen LogP contribution >= 0.6 is 0 Å². The zero-order valence-electron chi connectivity index (χ0n) is 19.5. The fourth-order valence-electron chi connectivity index (χ4n) is 4.67. The van der Waals surface area contributed by atoms with Gasteiger partial charge in [-0.15, -0.1) is 0 Å². The number of nitrogens with zero attached hydrogens (tertiary/aromatic N) is 2. The van der Waals surface area contributed by atoms with Crippen molar-refractivity contribution in [1.82, 2.24) is 15.1 Å². The highest BCUT2D eigenvalue weighted by molar-refractivity contribution is 6.04. The number of rotatable bonds is 5. The number of fused-ring (bicyclic) bond motifs is 1. The van der Waals surface area contributed by atoms with E-state index >= 15 is 0 Å². The van der Waals surface area contributed by atoms with Gasteiger partial charge in [0.1, 0.15) is 17.7 Å². The number of hydrogen-bond donors (Lipinski definition) is 2. The normalized spacial score (nSPS) is 16.9. The lowest BCUT2D eigenvalue weighted by Gasteiger charge is -2.33. The SMILES string of the molecule is Cc1cccc(C(=O)N[C@H]2C(=O)Nc3c(c(C)nn3Cc3ccccc3)[C@@H]2c2ccc(F)cc2)c1. The molecule has 0 unspecified atom stereocenters. The van der Waals surface area contributed by atoms with Gasteiger partial charge in [-0.05, 0) is 49.2 Å². The van der Waals surface area contributed by atoms with Crippen LogP contribution in [0.25, 0.3) is 0 Å². The van der Waals surface area contributed by atoms with Crippen LogP contribution in [0.2, 0.25) is 0 Å². The molecule has 0 saturated heterocycles. The second-order valence-corrected chi connectivity index (χ2v) is 8.83. The maximum Gasteiger partial charge on any atom is 0.251 e. The third-order valence-corrected chi connectivity index (χ3v) is 6.31. The van der Waals surface area contributed by atoms with Gasteiger partial charge in [-0.3, -0.25) is 9.59 Å². The summed E-state index contributed by atoms with van der Waals surface area (Å²) in [7, 11) is 0. The highest BCUT2D eigenvalue weighted by Gasteiger charge is 2.41. The van der Waals surface area contributed by atoms with Crippen LogP contribution in [0, 0.1) is 19.7 Å². The number of aromatic nitrogens is 2. The smallest absolute Gasteiger partial charge is 0.251 e. The summed E-state index contributed by atoms with van der Waals surface area (Å²) in [5.74, 6) is -1.00. The van der Waals surface area contributed by atoms with Gasteiger partial charge in [0, 0.05) is 17.0 Å². The fourth-order valence-corrected chi connectivity index (χ4v) is 4.67. The van der Waals surface area contributed by atoms with E-state index in [-0.39, 0.29) is 17.6 Å². The van der Waals surface area contributed by atoms with Gasteiger partial charge in [0.2, 0.25) is 5.91 Å². The monoisotopic (exact) mass is 468 g/mol. The number of benzene rings is 3. The molecule has 1 aromatic heterocycles. The summed E-state index contributed by atoms with van der Waals surface area (Å²) >= 11 is 0. The topological polar surface area (TPSA) is 76.0 Å². The molecular weight excluding hydrogens is 443 g/mol. The van der Waals surface area contributed by atoms with E-state index in [2.05, 4.69) is 10.6 Å². The summed E-state index contributed by atoms with van der Waals surface area (Å²) in [6.07, 6.45) is 0. The van der Waals surface area contributed by atoms with Crippen molar-refractivity contribution in [3.8, 4) is 0 Å². The first-order chi connectivity index (χ1) is 16.9. The van der Waals surface area contributed by atoms with Crippen molar-refractivity contribution in [3.63, 3.8) is 0 Å². The lowest BCUT2D eigenvalue weighted by atomic mass is 9.82. The molecule has 0 spiro atoms. The molecule has 4 aromatic rings. The van der Waals surface area contributed by atoms with Crippen LogP contribution < -0.4 is 10.6 Å². The minimum absolute atomic E-state index is 0.345. The van der Waals surface area contributed by atoms with Crippen molar-refractivity contribution < 1.29 is 14.0 Å². The van der Waals surface area contributed by atoms with Crippen LogP contribution in [0.1, 0.15) is 44.2 Å². The molecule has 1 aliphatic rings. The third kappa shape index (κ3) is 4.45. The average Bonchev–Trinajstić information content (AvgIpc) is 3.15. The standard InChI is InChI=1S/C28H25FN4O2/c1-17-7-6-10-21(15-17)27(34)30-25-24(20-11-13-22(29)14-12-20)23-18(2)32-33(26(23)31-28(25)35)16-19-8-4-3-5-9-19/h3-15,24-25H,16H2,1-2H3,(H,30,34)(H,31,35)/t24-,25+/m0/s1. The molecule has 3 aromatic carbocycles. The van der Waals surface area contributed by atoms with Crippen molar-refractivity contribution in [2.75, 3.05) is 5.32 Å². The Labute approximate surface area is 202 Å². The van der Waals surface area contributed by atoms with E-state index in [1.807, 2.05) is 50.2 Å². The summed E-state index contributed by atoms with van der Waals surface area (Å²) < 4.78 is 15.5. The molecule has 2 atom stereocenters. The molecule has 0 saturated carbocycles. The molecule has 7 heteroatoms. The lowest BCUT2D eigenvalue weighted by molar-refractivity contribution is -0.118. The molecule has 2 amide bonds. The second kappa shape index (κ2) is 9.18. The molecule has 2 heterocycles. The van der Waals surface area contributed by atoms with Gasteiger partial charge < -0.3 is 10.6 Å². The molecule has 0 radical (unpaired) electrons. The molecule has 0 fully saturated rings. The van der Waals surface area contributed by atoms with E-state index in [4.69, 9.17) is 5.10 Å². The third-order valence-electron chi connectivity index (χ3n) is 6.31. The highest BCUT2D eigenvalue weighted by atomic mass is 19.1. The Bertz CT molecular complexity index is 1400. The van der Waals surface area contributed by atoms with Crippen LogP contribution in [0.15, 0.2) is 78.9 Å². The fraction of sp³-hybridized carbons (Fsp3) is 0.179. The molecule has 1 aliphatic heterocycles. The molecule has 0 bridgehead atoms. The van der Waals surface area contributed by atoms with Crippen LogP contribution in [-0.2, 0) is 11.3 Å². The number of nitrogens with one attached hydrogen (secondary N) is 2. The maximum atomic E-state index is 13.8. The number of carbonyl (C=O) groups is 2. The molecule has 35 heavy (non-hydrogen) atoms. The maximum absolute atomic E-state index is 13.8. The minimum atomic E-state index is -0.894. The number of anilines is 1. The van der Waals surface area contributed by atoms with Gasteiger partial charge >= 0.3 is 0 Å². The number of carbonyl (C=O) groups excluding carboxylic acids is 2. The van der Waals surface area contributed by atoms with E-state index < -0.39 is 12.0 Å². The molecule has 5 rings (SSSR count). The Hall–Kier alpha value is -4.26. The van der Waals surface area contributed by atoms with E-state index in [0.29, 0.717) is 17.9 Å². The number of aryl methyl sites for hydroxylation is 2. The zero-order valence-corrected chi connectivity index (χ0v) is 19.5. The first-order valence-electron chi connectivity index (χ1n) is 11.5. The Morgan fingerprint density at radius 2 is 1.77 bits per heavy atom. The Morgan fingerprint density at radius 1 is 1.03 bits per heavy atom. The van der Waals surface area contributed by atoms with Crippen LogP contribution in [-0.4, -0.2) is 27.6 Å². The Balaban J connectivity index is 1.57. The second-order valence-electron chi connectivity index (χ2n) is 8.83. The lowest BCUT2D eigenvalue weighted by Crippen LogP contribution is -2.50. The Morgan fingerprint density at radius 3 is 2.49 bits per heavy atom. The van der Waals surface area contributed by atoms with E-state index in [1.165, 1.54) is 12.1 Å². The van der Waals surface area contributed by atoms with Crippen LogP contribution in [0.4, 0.5) is 10.2 Å². The molecular formula is C28H25FN4O2. The quantitative estimate of drug-likeness (QED) is 0.451. The van der Waals surface area contributed by atoms with Crippen molar-refractivity contribution in [3.05, 3.63) is 118 Å². The van der Waals surface area contributed by atoms with Crippen LogP contribution in [0.3, 0.4) is 0 Å². The number of amides is 2. The van der Waals surface area contributed by atoms with E-state index in [1.54, 1.807) is 35.0 Å². The largest absolute Gasteiger partial charge is 0.339 e. The van der Waals surface area contributed by atoms with Crippen molar-refractivity contribution in [2.24, 2.45) is 0 Å². The summed E-state index contributed by atoms with van der Waals surface area (Å²) in [6.45, 7) is 4.27. The van der Waals surface area contributed by atoms with Crippen LogP contribution in [0.5, 0.6) is 0 Å². The number of halogens is 1. The molecule has 0 aliphatic carbocycles. The van der Waals surface area contributed by atoms with Gasteiger partial charge in [0.05, 0.1) is 12.2 Å². The van der Waals surface area contributed by atoms with Crippen molar-refractivity contribution >= 4 is 17.6 Å². The summed E-state index contributed by atoms with van der Waals surface area (Å²) in [4.78, 5) is 26.5. The van der Waals surface area contributed by atoms with Gasteiger partial charge in [0.25, 0.3) is 5.91 Å². The predicted molar refractivity (Wildman–Crippen MR) is 132 cm³/mol. The molecule has 6 nitrogen and oxygen atoms in total. The summed E-state index contributed by atoms with van der Waals surface area (Å²) in [5, 5.41) is 10.6. The Kier molecular flexibility index (Phi) is 5.91. The summed E-state index contributed by atoms with van der Waals surface area (Å²) in [5.41, 5.74) is 4.72. The van der Waals surface area contributed by atoms with Gasteiger partial charge in [0.15, 0.2) is 0 Å². The minimum Gasteiger partial charge on any atom is -0.339 e. The van der Waals surface area contributed by atoms with Gasteiger partial charge in [-0.25, -0.2) is 9.07 Å². The van der Waals surface area contributed by atoms with E-state index in [0.717, 1.165) is 27.9 Å². The highest BCUT2D eigenvalue weighted by Crippen LogP contribution is 2.40. The van der Waals surface area contributed by atoms with E-state index in [9.17, 15) is 14.0 Å². The zero-order chi connectivity index (χ0) is 24.5. The van der Waals surface area contributed by atoms with Crippen molar-refractivity contribution in [1.29, 1.82) is 0 Å². The first-order valence-corrected chi connectivity index (χ1v) is 11.5. The molecule has 176 valence electrons.